The number of methoxy groups -OCH3 is 1. The van der Waals surface area contributed by atoms with Crippen molar-refractivity contribution in [2.24, 2.45) is 0 Å². The molecule has 0 atom stereocenters. The molecule has 6 nitrogen and oxygen atoms in total. The highest BCUT2D eigenvalue weighted by molar-refractivity contribution is 8.00. The summed E-state index contributed by atoms with van der Waals surface area (Å²) in [6.45, 7) is 2.14. The summed E-state index contributed by atoms with van der Waals surface area (Å²) in [5.41, 5.74) is 0. The van der Waals surface area contributed by atoms with E-state index >= 15 is 0 Å². The minimum atomic E-state index is -0.460. The molecule has 0 N–H and O–H groups in total. The highest BCUT2D eigenvalue weighted by Gasteiger charge is 2.17. The average Bonchev–Trinajstić information content (AvgIpc) is 3.23. The number of esters is 1. The number of aromatic nitrogens is 2. The van der Waals surface area contributed by atoms with Gasteiger partial charge in [0.2, 0.25) is 10.9 Å². The zero-order valence-corrected chi connectivity index (χ0v) is 13.2. The van der Waals surface area contributed by atoms with Gasteiger partial charge in [-0.05, 0) is 25.0 Å². The van der Waals surface area contributed by atoms with Gasteiger partial charge in [0.25, 0.3) is 0 Å². The third-order valence-corrected chi connectivity index (χ3v) is 5.30. The second kappa shape index (κ2) is 6.48. The van der Waals surface area contributed by atoms with Crippen LogP contribution in [0, 0.1) is 0 Å². The lowest BCUT2D eigenvalue weighted by Gasteiger charge is -2.10. The molecule has 0 bridgehead atoms. The smallest absolute Gasteiger partial charge is 0.373 e. The quantitative estimate of drug-likeness (QED) is 0.618. The Bertz CT molecular complexity index is 620. The fraction of sp³-hybridized carbons (Fsp3) is 0.462. The first kappa shape index (κ1) is 14.4. The van der Waals surface area contributed by atoms with Crippen LogP contribution in [-0.4, -0.2) is 36.4 Å². The number of hydrogen-bond acceptors (Lipinski definition) is 8. The Morgan fingerprint density at radius 3 is 3.00 bits per heavy atom. The van der Waals surface area contributed by atoms with Gasteiger partial charge in [0.1, 0.15) is 5.76 Å². The summed E-state index contributed by atoms with van der Waals surface area (Å²) in [7, 11) is 1.33. The molecule has 1 aliphatic heterocycles. The van der Waals surface area contributed by atoms with Crippen molar-refractivity contribution in [3.63, 3.8) is 0 Å². The molecule has 0 aliphatic carbocycles. The van der Waals surface area contributed by atoms with Crippen LogP contribution in [0.2, 0.25) is 0 Å². The number of rotatable bonds is 5. The Kier molecular flexibility index (Phi) is 4.45. The summed E-state index contributed by atoms with van der Waals surface area (Å²) in [6.07, 6.45) is 2.45. The van der Waals surface area contributed by atoms with Gasteiger partial charge in [-0.2, -0.15) is 0 Å². The summed E-state index contributed by atoms with van der Waals surface area (Å²) < 4.78 is 10.9. The molecule has 21 heavy (non-hydrogen) atoms. The normalized spacial score (nSPS) is 14.6. The number of carbonyl (C=O) groups excluding carboxylic acids is 1. The predicted molar refractivity (Wildman–Crippen MR) is 81.0 cm³/mol. The van der Waals surface area contributed by atoms with Crippen LogP contribution < -0.4 is 4.90 Å². The molecule has 0 spiro atoms. The van der Waals surface area contributed by atoms with Crippen LogP contribution in [0.4, 0.5) is 5.13 Å². The Hall–Kier alpha value is -1.54. The highest BCUT2D eigenvalue weighted by Crippen LogP contribution is 2.31. The molecule has 1 saturated heterocycles. The van der Waals surface area contributed by atoms with E-state index < -0.39 is 5.97 Å². The predicted octanol–water partition coefficient (Wildman–Crippen LogP) is 2.81. The number of nitrogens with zero attached hydrogens (tertiary/aromatic N) is 3. The lowest BCUT2D eigenvalue weighted by molar-refractivity contribution is 0.0563. The van der Waals surface area contributed by atoms with Gasteiger partial charge in [0.05, 0.1) is 12.9 Å². The second-order valence-electron chi connectivity index (χ2n) is 4.59. The van der Waals surface area contributed by atoms with Gasteiger partial charge < -0.3 is 14.1 Å². The molecule has 2 aromatic heterocycles. The fourth-order valence-corrected chi connectivity index (χ4v) is 3.88. The van der Waals surface area contributed by atoms with E-state index in [1.807, 2.05) is 0 Å². The molecule has 112 valence electrons. The maximum atomic E-state index is 11.3. The standard InChI is InChI=1S/C13H15N3O3S2/c1-18-11(17)10-5-4-9(19-10)8-20-13-15-14-12(21-13)16-6-2-3-7-16/h4-5H,2-3,6-8H2,1H3. The number of ether oxygens (including phenoxy) is 1. The summed E-state index contributed by atoms with van der Waals surface area (Å²) in [4.78, 5) is 13.6. The molecule has 3 heterocycles. The van der Waals surface area contributed by atoms with Crippen molar-refractivity contribution in [2.75, 3.05) is 25.1 Å². The third-order valence-electron chi connectivity index (χ3n) is 3.16. The maximum absolute atomic E-state index is 11.3. The Balaban J connectivity index is 1.57. The van der Waals surface area contributed by atoms with E-state index in [1.165, 1.54) is 20.0 Å². The van der Waals surface area contributed by atoms with Crippen LogP contribution in [0.5, 0.6) is 0 Å². The first-order valence-electron chi connectivity index (χ1n) is 6.64. The average molecular weight is 325 g/mol. The number of furan rings is 1. The van der Waals surface area contributed by atoms with E-state index in [1.54, 1.807) is 35.2 Å². The Morgan fingerprint density at radius 2 is 2.24 bits per heavy atom. The second-order valence-corrected chi connectivity index (χ2v) is 6.77. The molecule has 1 fully saturated rings. The zero-order valence-electron chi connectivity index (χ0n) is 11.6. The summed E-state index contributed by atoms with van der Waals surface area (Å²) in [5, 5.41) is 9.41. The minimum Gasteiger partial charge on any atom is -0.463 e. The fourth-order valence-electron chi connectivity index (χ4n) is 2.10. The van der Waals surface area contributed by atoms with Gasteiger partial charge in [0, 0.05) is 13.1 Å². The van der Waals surface area contributed by atoms with E-state index in [0.717, 1.165) is 28.3 Å². The first-order valence-corrected chi connectivity index (χ1v) is 8.45. The van der Waals surface area contributed by atoms with Gasteiger partial charge in [0.15, 0.2) is 4.34 Å². The molecule has 0 aromatic carbocycles. The third kappa shape index (κ3) is 3.38. The zero-order chi connectivity index (χ0) is 14.7. The van der Waals surface area contributed by atoms with E-state index in [-0.39, 0.29) is 5.76 Å². The Labute approximate surface area is 130 Å². The molecular weight excluding hydrogens is 310 g/mol. The summed E-state index contributed by atoms with van der Waals surface area (Å²) >= 11 is 3.16. The lowest BCUT2D eigenvalue weighted by Crippen LogP contribution is -2.17. The van der Waals surface area contributed by atoms with E-state index in [0.29, 0.717) is 5.75 Å². The molecular formula is C13H15N3O3S2. The van der Waals surface area contributed by atoms with Crippen molar-refractivity contribution in [2.45, 2.75) is 22.9 Å². The number of anilines is 1. The van der Waals surface area contributed by atoms with Crippen LogP contribution in [-0.2, 0) is 10.5 Å². The van der Waals surface area contributed by atoms with Crippen LogP contribution in [0.1, 0.15) is 29.2 Å². The molecule has 1 aliphatic rings. The SMILES string of the molecule is COC(=O)c1ccc(CSc2nnc(N3CCCC3)s2)o1. The van der Waals surface area contributed by atoms with E-state index in [9.17, 15) is 4.79 Å². The molecule has 2 aromatic rings. The molecule has 0 radical (unpaired) electrons. The van der Waals surface area contributed by atoms with Gasteiger partial charge >= 0.3 is 5.97 Å². The molecule has 0 amide bonds. The van der Waals surface area contributed by atoms with Gasteiger partial charge in [-0.3, -0.25) is 0 Å². The van der Waals surface area contributed by atoms with Gasteiger partial charge in [-0.1, -0.05) is 23.1 Å². The number of carbonyl (C=O) groups is 1. The maximum Gasteiger partial charge on any atom is 0.373 e. The first-order chi connectivity index (χ1) is 10.3. The highest BCUT2D eigenvalue weighted by atomic mass is 32.2. The van der Waals surface area contributed by atoms with Crippen molar-refractivity contribution in [1.82, 2.24) is 10.2 Å². The molecule has 8 heteroatoms. The molecule has 0 unspecified atom stereocenters. The van der Waals surface area contributed by atoms with E-state index in [4.69, 9.17) is 4.42 Å². The number of hydrogen-bond donors (Lipinski definition) is 0. The van der Waals surface area contributed by atoms with Crippen LogP contribution >= 0.6 is 23.1 Å². The minimum absolute atomic E-state index is 0.225. The van der Waals surface area contributed by atoms with Crippen molar-refractivity contribution in [3.05, 3.63) is 23.7 Å². The van der Waals surface area contributed by atoms with Crippen molar-refractivity contribution in [1.29, 1.82) is 0 Å². The molecule has 0 saturated carbocycles. The largest absolute Gasteiger partial charge is 0.463 e. The summed E-state index contributed by atoms with van der Waals surface area (Å²) in [5.74, 6) is 1.10. The lowest BCUT2D eigenvalue weighted by atomic mass is 10.4. The summed E-state index contributed by atoms with van der Waals surface area (Å²) in [6, 6.07) is 3.40. The Morgan fingerprint density at radius 1 is 1.43 bits per heavy atom. The van der Waals surface area contributed by atoms with E-state index in [2.05, 4.69) is 19.8 Å². The van der Waals surface area contributed by atoms with Crippen LogP contribution in [0.25, 0.3) is 0 Å². The van der Waals surface area contributed by atoms with Crippen molar-refractivity contribution in [3.8, 4) is 0 Å². The molecule has 3 rings (SSSR count). The van der Waals surface area contributed by atoms with Gasteiger partial charge in [-0.25, -0.2) is 4.79 Å². The number of thioether (sulfide) groups is 1. The van der Waals surface area contributed by atoms with Crippen molar-refractivity contribution >= 4 is 34.2 Å². The van der Waals surface area contributed by atoms with Crippen LogP contribution in [0.15, 0.2) is 20.9 Å². The topological polar surface area (TPSA) is 68.5 Å². The monoisotopic (exact) mass is 325 g/mol. The van der Waals surface area contributed by atoms with Crippen LogP contribution in [0.3, 0.4) is 0 Å². The van der Waals surface area contributed by atoms with Gasteiger partial charge in [-0.15, -0.1) is 10.2 Å². The van der Waals surface area contributed by atoms with Crippen molar-refractivity contribution < 1.29 is 13.9 Å².